The van der Waals surface area contributed by atoms with E-state index < -0.39 is 0 Å². The number of hydrogen-bond donors (Lipinski definition) is 2. The molecule has 0 aromatic carbocycles. The molecule has 1 amide bonds. The molecule has 0 radical (unpaired) electrons. The Balaban J connectivity index is 2.40. The fraction of sp³-hybridized carbons (Fsp3) is 0.733. The van der Waals surface area contributed by atoms with Crippen LogP contribution < -0.4 is 10.1 Å². The lowest BCUT2D eigenvalue weighted by Gasteiger charge is -2.23. The molecular formula is C15H27N3O2. The number of carbonyl (C=O) groups is 1. The summed E-state index contributed by atoms with van der Waals surface area (Å²) in [5.74, 6) is 0.608. The van der Waals surface area contributed by atoms with Gasteiger partial charge in [0.2, 0.25) is 11.8 Å². The van der Waals surface area contributed by atoms with Crippen molar-refractivity contribution in [2.45, 2.75) is 59.4 Å². The summed E-state index contributed by atoms with van der Waals surface area (Å²) in [4.78, 5) is 19.2. The summed E-state index contributed by atoms with van der Waals surface area (Å²) in [6, 6.07) is 0. The number of amides is 1. The van der Waals surface area contributed by atoms with Crippen molar-refractivity contribution in [3.05, 3.63) is 12.0 Å². The van der Waals surface area contributed by atoms with Crippen LogP contribution in [0.1, 0.15) is 58.6 Å². The van der Waals surface area contributed by atoms with Crippen LogP contribution in [0.4, 0.5) is 0 Å². The summed E-state index contributed by atoms with van der Waals surface area (Å²) in [7, 11) is 1.57. The summed E-state index contributed by atoms with van der Waals surface area (Å²) in [6.07, 6.45) is 7.23. The predicted molar refractivity (Wildman–Crippen MR) is 79.5 cm³/mol. The van der Waals surface area contributed by atoms with Gasteiger partial charge in [-0.3, -0.25) is 4.79 Å². The SMILES string of the molecule is CCCCCCC(C)(C)C(=O)NCc1[nH]cnc1OC. The Bertz CT molecular complexity index is 413. The lowest BCUT2D eigenvalue weighted by atomic mass is 9.86. The second-order valence-corrected chi connectivity index (χ2v) is 5.77. The van der Waals surface area contributed by atoms with E-state index in [0.29, 0.717) is 12.4 Å². The highest BCUT2D eigenvalue weighted by molar-refractivity contribution is 5.81. The van der Waals surface area contributed by atoms with Gasteiger partial charge in [-0.2, -0.15) is 0 Å². The van der Waals surface area contributed by atoms with Crippen LogP contribution in [0.3, 0.4) is 0 Å². The quantitative estimate of drug-likeness (QED) is 0.684. The molecule has 1 aromatic rings. The third-order valence-corrected chi connectivity index (χ3v) is 3.57. The van der Waals surface area contributed by atoms with Crippen LogP contribution in [0.15, 0.2) is 6.33 Å². The van der Waals surface area contributed by atoms with Crippen LogP contribution in [0.5, 0.6) is 5.88 Å². The maximum atomic E-state index is 12.2. The normalized spacial score (nSPS) is 11.4. The van der Waals surface area contributed by atoms with Crippen LogP contribution in [-0.2, 0) is 11.3 Å². The van der Waals surface area contributed by atoms with E-state index in [0.717, 1.165) is 18.5 Å². The Labute approximate surface area is 121 Å². The van der Waals surface area contributed by atoms with Gasteiger partial charge in [-0.1, -0.05) is 46.5 Å². The van der Waals surface area contributed by atoms with E-state index in [1.165, 1.54) is 19.3 Å². The third kappa shape index (κ3) is 4.87. The number of H-pyrrole nitrogens is 1. The second kappa shape index (κ2) is 7.92. The number of rotatable bonds is 9. The number of unbranched alkanes of at least 4 members (excludes halogenated alkanes) is 3. The van der Waals surface area contributed by atoms with Crippen LogP contribution in [0, 0.1) is 5.41 Å². The van der Waals surface area contributed by atoms with Gasteiger partial charge in [-0.15, -0.1) is 0 Å². The van der Waals surface area contributed by atoms with Gasteiger partial charge < -0.3 is 15.0 Å². The number of hydrogen-bond acceptors (Lipinski definition) is 3. The molecular weight excluding hydrogens is 254 g/mol. The predicted octanol–water partition coefficient (Wildman–Crippen LogP) is 3.03. The molecule has 5 nitrogen and oxygen atoms in total. The minimum atomic E-state index is -0.332. The van der Waals surface area contributed by atoms with Crippen molar-refractivity contribution in [3.8, 4) is 5.88 Å². The molecule has 0 unspecified atom stereocenters. The molecule has 1 aromatic heterocycles. The van der Waals surface area contributed by atoms with E-state index >= 15 is 0 Å². The minimum Gasteiger partial charge on any atom is -0.480 e. The van der Waals surface area contributed by atoms with Crippen LogP contribution in [0.25, 0.3) is 0 Å². The van der Waals surface area contributed by atoms with Crippen molar-refractivity contribution < 1.29 is 9.53 Å². The Hall–Kier alpha value is -1.52. The van der Waals surface area contributed by atoms with Crippen molar-refractivity contribution in [3.63, 3.8) is 0 Å². The average molecular weight is 281 g/mol. The lowest BCUT2D eigenvalue weighted by molar-refractivity contribution is -0.129. The summed E-state index contributed by atoms with van der Waals surface area (Å²) in [5.41, 5.74) is 0.462. The molecule has 0 saturated heterocycles. The van der Waals surface area contributed by atoms with E-state index in [1.54, 1.807) is 13.4 Å². The first kappa shape index (κ1) is 16.5. The van der Waals surface area contributed by atoms with Crippen LogP contribution in [0.2, 0.25) is 0 Å². The highest BCUT2D eigenvalue weighted by Gasteiger charge is 2.26. The number of aromatic nitrogens is 2. The molecule has 0 bridgehead atoms. The highest BCUT2D eigenvalue weighted by Crippen LogP contribution is 2.24. The van der Waals surface area contributed by atoms with Gasteiger partial charge in [0.15, 0.2) is 0 Å². The summed E-state index contributed by atoms with van der Waals surface area (Å²) < 4.78 is 5.10. The van der Waals surface area contributed by atoms with Crippen molar-refractivity contribution in [1.82, 2.24) is 15.3 Å². The average Bonchev–Trinajstić information content (AvgIpc) is 2.88. The molecule has 2 N–H and O–H groups in total. The first-order chi connectivity index (χ1) is 9.51. The van der Waals surface area contributed by atoms with E-state index in [9.17, 15) is 4.79 Å². The molecule has 0 spiro atoms. The van der Waals surface area contributed by atoms with Gasteiger partial charge >= 0.3 is 0 Å². The monoisotopic (exact) mass is 281 g/mol. The third-order valence-electron chi connectivity index (χ3n) is 3.57. The standard InChI is InChI=1S/C15H27N3O2/c1-5-6-7-8-9-15(2,3)14(19)16-10-12-13(20-4)18-11-17-12/h11H,5-10H2,1-4H3,(H,16,19)(H,17,18). The van der Waals surface area contributed by atoms with Crippen molar-refractivity contribution in [1.29, 1.82) is 0 Å². The summed E-state index contributed by atoms with van der Waals surface area (Å²) in [5, 5.41) is 2.95. The topological polar surface area (TPSA) is 67.0 Å². The largest absolute Gasteiger partial charge is 0.480 e. The number of methoxy groups -OCH3 is 1. The zero-order chi connectivity index (χ0) is 15.0. The zero-order valence-corrected chi connectivity index (χ0v) is 13.1. The number of imidazole rings is 1. The molecule has 0 aliphatic carbocycles. The maximum absolute atomic E-state index is 12.2. The Morgan fingerprint density at radius 3 is 2.80 bits per heavy atom. The molecule has 1 rings (SSSR count). The second-order valence-electron chi connectivity index (χ2n) is 5.77. The molecule has 0 fully saturated rings. The molecule has 0 aliphatic heterocycles. The minimum absolute atomic E-state index is 0.0747. The van der Waals surface area contributed by atoms with Gasteiger partial charge in [0, 0.05) is 5.41 Å². The lowest BCUT2D eigenvalue weighted by Crippen LogP contribution is -2.36. The number of nitrogens with one attached hydrogen (secondary N) is 2. The first-order valence-corrected chi connectivity index (χ1v) is 7.35. The smallest absolute Gasteiger partial charge is 0.236 e. The molecule has 5 heteroatoms. The van der Waals surface area contributed by atoms with Crippen molar-refractivity contribution in [2.24, 2.45) is 5.41 Å². The molecule has 0 aliphatic rings. The fourth-order valence-corrected chi connectivity index (χ4v) is 2.13. The van der Waals surface area contributed by atoms with Gasteiger partial charge in [0.25, 0.3) is 0 Å². The number of aromatic amines is 1. The van der Waals surface area contributed by atoms with E-state index in [1.807, 2.05) is 13.8 Å². The van der Waals surface area contributed by atoms with E-state index in [4.69, 9.17) is 4.74 Å². The summed E-state index contributed by atoms with van der Waals surface area (Å²) >= 11 is 0. The summed E-state index contributed by atoms with van der Waals surface area (Å²) in [6.45, 7) is 6.60. The van der Waals surface area contributed by atoms with E-state index in [2.05, 4.69) is 22.2 Å². The highest BCUT2D eigenvalue weighted by atomic mass is 16.5. The number of carbonyl (C=O) groups excluding carboxylic acids is 1. The number of ether oxygens (including phenoxy) is 1. The fourth-order valence-electron chi connectivity index (χ4n) is 2.13. The first-order valence-electron chi connectivity index (χ1n) is 7.35. The zero-order valence-electron chi connectivity index (χ0n) is 13.1. The van der Waals surface area contributed by atoms with Gasteiger partial charge in [-0.05, 0) is 6.42 Å². The Morgan fingerprint density at radius 2 is 2.15 bits per heavy atom. The van der Waals surface area contributed by atoms with Crippen molar-refractivity contribution >= 4 is 5.91 Å². The van der Waals surface area contributed by atoms with Crippen LogP contribution >= 0.6 is 0 Å². The molecule has 114 valence electrons. The Morgan fingerprint density at radius 1 is 1.40 bits per heavy atom. The maximum Gasteiger partial charge on any atom is 0.236 e. The molecule has 1 heterocycles. The van der Waals surface area contributed by atoms with E-state index in [-0.39, 0.29) is 11.3 Å². The molecule has 0 saturated carbocycles. The van der Waals surface area contributed by atoms with Gasteiger partial charge in [0.05, 0.1) is 25.7 Å². The Kier molecular flexibility index (Phi) is 6.55. The van der Waals surface area contributed by atoms with Crippen molar-refractivity contribution in [2.75, 3.05) is 7.11 Å². The number of nitrogens with zero attached hydrogens (tertiary/aromatic N) is 1. The van der Waals surface area contributed by atoms with Gasteiger partial charge in [-0.25, -0.2) is 4.98 Å². The van der Waals surface area contributed by atoms with Gasteiger partial charge in [0.1, 0.15) is 0 Å². The molecule has 0 atom stereocenters. The molecule has 20 heavy (non-hydrogen) atoms. The van der Waals surface area contributed by atoms with Crippen LogP contribution in [-0.4, -0.2) is 23.0 Å².